The second kappa shape index (κ2) is 8.83. The topological polar surface area (TPSA) is 62.6 Å². The SMILES string of the molecule is Cc1ccc(SCC(=O)N(CCC#N)c2ccc3c(c2)OCCO3)cc1C. The van der Waals surface area contributed by atoms with Gasteiger partial charge < -0.3 is 14.4 Å². The van der Waals surface area contributed by atoms with E-state index in [2.05, 4.69) is 32.0 Å². The van der Waals surface area contributed by atoms with E-state index in [1.165, 1.54) is 22.9 Å². The molecule has 2 aromatic carbocycles. The molecule has 0 atom stereocenters. The van der Waals surface area contributed by atoms with Gasteiger partial charge >= 0.3 is 0 Å². The van der Waals surface area contributed by atoms with Crippen LogP contribution in [0.4, 0.5) is 5.69 Å². The lowest BCUT2D eigenvalue weighted by Gasteiger charge is -2.25. The third kappa shape index (κ3) is 4.75. The number of amides is 1. The lowest BCUT2D eigenvalue weighted by molar-refractivity contribution is -0.116. The minimum absolute atomic E-state index is 0.0369. The molecule has 1 aliphatic heterocycles. The average Bonchev–Trinajstić information content (AvgIpc) is 2.69. The molecule has 27 heavy (non-hydrogen) atoms. The second-order valence-corrected chi connectivity index (χ2v) is 7.36. The molecule has 1 heterocycles. The van der Waals surface area contributed by atoms with Gasteiger partial charge in [-0.2, -0.15) is 5.26 Å². The highest BCUT2D eigenvalue weighted by molar-refractivity contribution is 8.00. The zero-order valence-electron chi connectivity index (χ0n) is 15.5. The van der Waals surface area contributed by atoms with Gasteiger partial charge in [-0.1, -0.05) is 6.07 Å². The first-order valence-electron chi connectivity index (χ1n) is 8.85. The van der Waals surface area contributed by atoms with Crippen LogP contribution < -0.4 is 14.4 Å². The molecule has 0 saturated heterocycles. The summed E-state index contributed by atoms with van der Waals surface area (Å²) in [6, 6.07) is 13.8. The predicted octanol–water partition coefficient (Wildman–Crippen LogP) is 4.11. The van der Waals surface area contributed by atoms with Crippen LogP contribution in [-0.2, 0) is 4.79 Å². The van der Waals surface area contributed by atoms with Crippen LogP contribution in [0.1, 0.15) is 17.5 Å². The molecule has 0 aromatic heterocycles. The van der Waals surface area contributed by atoms with E-state index in [1.54, 1.807) is 4.90 Å². The Labute approximate surface area is 163 Å². The number of thioether (sulfide) groups is 1. The van der Waals surface area contributed by atoms with Crippen molar-refractivity contribution in [1.82, 2.24) is 0 Å². The molecule has 3 rings (SSSR count). The van der Waals surface area contributed by atoms with Gasteiger partial charge in [0, 0.05) is 23.2 Å². The number of carbonyl (C=O) groups excluding carboxylic acids is 1. The zero-order valence-corrected chi connectivity index (χ0v) is 16.3. The van der Waals surface area contributed by atoms with E-state index in [-0.39, 0.29) is 12.3 Å². The largest absolute Gasteiger partial charge is 0.486 e. The van der Waals surface area contributed by atoms with Crippen molar-refractivity contribution in [2.75, 3.05) is 30.4 Å². The van der Waals surface area contributed by atoms with E-state index < -0.39 is 0 Å². The number of carbonyl (C=O) groups is 1. The van der Waals surface area contributed by atoms with E-state index in [4.69, 9.17) is 14.7 Å². The summed E-state index contributed by atoms with van der Waals surface area (Å²) in [5.41, 5.74) is 3.17. The van der Waals surface area contributed by atoms with Crippen molar-refractivity contribution < 1.29 is 14.3 Å². The van der Waals surface area contributed by atoms with Crippen molar-refractivity contribution in [2.24, 2.45) is 0 Å². The Balaban J connectivity index is 1.74. The number of rotatable bonds is 6. The molecule has 0 radical (unpaired) electrons. The maximum absolute atomic E-state index is 12.9. The average molecular weight is 382 g/mol. The van der Waals surface area contributed by atoms with Crippen LogP contribution in [0.5, 0.6) is 11.5 Å². The van der Waals surface area contributed by atoms with Gasteiger partial charge in [0.2, 0.25) is 5.91 Å². The fourth-order valence-electron chi connectivity index (χ4n) is 2.79. The van der Waals surface area contributed by atoms with Crippen molar-refractivity contribution >= 4 is 23.4 Å². The normalized spacial score (nSPS) is 12.3. The molecular formula is C21H22N2O3S. The highest BCUT2D eigenvalue weighted by Gasteiger charge is 2.19. The van der Waals surface area contributed by atoms with Gasteiger partial charge in [0.1, 0.15) is 13.2 Å². The monoisotopic (exact) mass is 382 g/mol. The van der Waals surface area contributed by atoms with E-state index in [0.29, 0.717) is 37.0 Å². The van der Waals surface area contributed by atoms with Gasteiger partial charge in [-0.05, 0) is 49.2 Å². The van der Waals surface area contributed by atoms with Crippen LogP contribution in [0.2, 0.25) is 0 Å². The van der Waals surface area contributed by atoms with Crippen LogP contribution in [0.25, 0.3) is 0 Å². The number of hydrogen-bond acceptors (Lipinski definition) is 5. The Morgan fingerprint density at radius 3 is 2.63 bits per heavy atom. The number of anilines is 1. The molecule has 0 unspecified atom stereocenters. The summed E-state index contributed by atoms with van der Waals surface area (Å²) in [4.78, 5) is 15.6. The van der Waals surface area contributed by atoms with Gasteiger partial charge in [0.05, 0.1) is 18.2 Å². The summed E-state index contributed by atoms with van der Waals surface area (Å²) in [5, 5.41) is 8.96. The summed E-state index contributed by atoms with van der Waals surface area (Å²) < 4.78 is 11.2. The molecule has 5 nitrogen and oxygen atoms in total. The maximum Gasteiger partial charge on any atom is 0.237 e. The number of ether oxygens (including phenoxy) is 2. The van der Waals surface area contributed by atoms with E-state index in [9.17, 15) is 4.79 Å². The first-order chi connectivity index (χ1) is 13.1. The lowest BCUT2D eigenvalue weighted by Crippen LogP contribution is -2.33. The van der Waals surface area contributed by atoms with E-state index in [0.717, 1.165) is 10.6 Å². The Morgan fingerprint density at radius 2 is 1.89 bits per heavy atom. The summed E-state index contributed by atoms with van der Waals surface area (Å²) >= 11 is 1.51. The molecule has 0 spiro atoms. The van der Waals surface area contributed by atoms with Crippen LogP contribution >= 0.6 is 11.8 Å². The Hall–Kier alpha value is -2.65. The third-order valence-electron chi connectivity index (χ3n) is 4.43. The first-order valence-corrected chi connectivity index (χ1v) is 9.84. The standard InChI is InChI=1S/C21H22N2O3S/c1-15-4-6-18(12-16(15)2)27-14-21(24)23(9-3-8-22)17-5-7-19-20(13-17)26-11-10-25-19/h4-7,12-13H,3,9-11,14H2,1-2H3. The van der Waals surface area contributed by atoms with Gasteiger partial charge in [0.15, 0.2) is 11.5 Å². The minimum Gasteiger partial charge on any atom is -0.486 e. The lowest BCUT2D eigenvalue weighted by atomic mass is 10.1. The van der Waals surface area contributed by atoms with Crippen molar-refractivity contribution in [1.29, 1.82) is 5.26 Å². The Morgan fingerprint density at radius 1 is 1.11 bits per heavy atom. The fraction of sp³-hybridized carbons (Fsp3) is 0.333. The number of fused-ring (bicyclic) bond motifs is 1. The number of benzene rings is 2. The van der Waals surface area contributed by atoms with Crippen molar-refractivity contribution in [3.8, 4) is 17.6 Å². The first kappa shape index (κ1) is 19.1. The van der Waals surface area contributed by atoms with Crippen LogP contribution in [0, 0.1) is 25.2 Å². The second-order valence-electron chi connectivity index (χ2n) is 6.32. The minimum atomic E-state index is -0.0369. The molecular weight excluding hydrogens is 360 g/mol. The highest BCUT2D eigenvalue weighted by Crippen LogP contribution is 2.34. The summed E-state index contributed by atoms with van der Waals surface area (Å²) in [5.74, 6) is 1.59. The number of nitriles is 1. The maximum atomic E-state index is 12.9. The third-order valence-corrected chi connectivity index (χ3v) is 5.40. The molecule has 1 amide bonds. The molecule has 0 bridgehead atoms. The summed E-state index contributed by atoms with van der Waals surface area (Å²) in [6.07, 6.45) is 0.272. The van der Waals surface area contributed by atoms with Gasteiger partial charge in [-0.25, -0.2) is 0 Å². The number of nitrogens with zero attached hydrogens (tertiary/aromatic N) is 2. The Kier molecular flexibility index (Phi) is 6.25. The molecule has 0 N–H and O–H groups in total. The van der Waals surface area contributed by atoms with Crippen LogP contribution in [-0.4, -0.2) is 31.4 Å². The molecule has 0 aliphatic carbocycles. The van der Waals surface area contributed by atoms with Gasteiger partial charge in [-0.3, -0.25) is 4.79 Å². The zero-order chi connectivity index (χ0) is 19.2. The van der Waals surface area contributed by atoms with Crippen molar-refractivity contribution in [2.45, 2.75) is 25.2 Å². The predicted molar refractivity (Wildman–Crippen MR) is 107 cm³/mol. The van der Waals surface area contributed by atoms with Crippen LogP contribution in [0.15, 0.2) is 41.3 Å². The molecule has 0 saturated carbocycles. The number of hydrogen-bond donors (Lipinski definition) is 0. The van der Waals surface area contributed by atoms with E-state index in [1.807, 2.05) is 24.3 Å². The quantitative estimate of drug-likeness (QED) is 0.704. The van der Waals surface area contributed by atoms with Crippen molar-refractivity contribution in [3.05, 3.63) is 47.5 Å². The van der Waals surface area contributed by atoms with Crippen molar-refractivity contribution in [3.63, 3.8) is 0 Å². The molecule has 6 heteroatoms. The van der Waals surface area contributed by atoms with Gasteiger partial charge in [-0.15, -0.1) is 11.8 Å². The summed E-state index contributed by atoms with van der Waals surface area (Å²) in [6.45, 7) is 5.50. The summed E-state index contributed by atoms with van der Waals surface area (Å²) in [7, 11) is 0. The Bertz CT molecular complexity index is 876. The van der Waals surface area contributed by atoms with Crippen LogP contribution in [0.3, 0.4) is 0 Å². The number of aryl methyl sites for hydroxylation is 2. The molecule has 2 aromatic rings. The highest BCUT2D eigenvalue weighted by atomic mass is 32.2. The van der Waals surface area contributed by atoms with Gasteiger partial charge in [0.25, 0.3) is 0 Å². The fourth-order valence-corrected chi connectivity index (χ4v) is 3.66. The molecule has 140 valence electrons. The molecule has 1 aliphatic rings. The van der Waals surface area contributed by atoms with E-state index >= 15 is 0 Å². The smallest absolute Gasteiger partial charge is 0.237 e. The molecule has 0 fully saturated rings.